The Labute approximate surface area is 113 Å². The summed E-state index contributed by atoms with van der Waals surface area (Å²) in [7, 11) is 5.57. The molecule has 0 aromatic carbocycles. The summed E-state index contributed by atoms with van der Waals surface area (Å²) < 4.78 is 0. The van der Waals surface area contributed by atoms with Crippen LogP contribution in [0.3, 0.4) is 0 Å². The molecule has 2 atom stereocenters. The van der Waals surface area contributed by atoms with E-state index in [9.17, 15) is 5.11 Å². The van der Waals surface area contributed by atoms with E-state index >= 15 is 0 Å². The molecule has 0 saturated heterocycles. The van der Waals surface area contributed by atoms with Crippen molar-refractivity contribution in [3.8, 4) is 0 Å². The number of hydrogen-bond donors (Lipinski definition) is 3. The van der Waals surface area contributed by atoms with Gasteiger partial charge in [0.1, 0.15) is 0 Å². The number of aromatic nitrogens is 3. The topological polar surface area (TPSA) is 86.2 Å². The Morgan fingerprint density at radius 2 is 1.95 bits per heavy atom. The van der Waals surface area contributed by atoms with Crippen LogP contribution < -0.4 is 15.5 Å². The first-order chi connectivity index (χ1) is 9.08. The number of hydrogen-bond acceptors (Lipinski definition) is 7. The molecule has 2 rings (SSSR count). The standard InChI is InChI=1S/C12H22N6O/c1-13-10-15-11(17-12(16-10)18(2)3)14-7-8-4-5-9(19)6-8/h8-9,19H,4-7H2,1-3H3,(H2,13,14,15,16,17). The van der Waals surface area contributed by atoms with Crippen LogP contribution >= 0.6 is 0 Å². The second kappa shape index (κ2) is 6.01. The first-order valence-corrected chi connectivity index (χ1v) is 6.61. The zero-order valence-corrected chi connectivity index (χ0v) is 11.7. The Morgan fingerprint density at radius 3 is 2.53 bits per heavy atom. The lowest BCUT2D eigenvalue weighted by atomic mass is 10.1. The lowest BCUT2D eigenvalue weighted by Gasteiger charge is -2.15. The molecule has 1 fully saturated rings. The quantitative estimate of drug-likeness (QED) is 0.717. The van der Waals surface area contributed by atoms with Crippen LogP contribution in [-0.4, -0.2) is 53.9 Å². The minimum Gasteiger partial charge on any atom is -0.393 e. The molecule has 1 heterocycles. The van der Waals surface area contributed by atoms with Crippen LogP contribution in [0.4, 0.5) is 17.8 Å². The van der Waals surface area contributed by atoms with E-state index in [4.69, 9.17) is 0 Å². The van der Waals surface area contributed by atoms with Gasteiger partial charge in [-0.25, -0.2) is 0 Å². The summed E-state index contributed by atoms with van der Waals surface area (Å²) in [5.41, 5.74) is 0. The third kappa shape index (κ3) is 3.66. The maximum Gasteiger partial charge on any atom is 0.231 e. The minimum absolute atomic E-state index is 0.143. The fraction of sp³-hybridized carbons (Fsp3) is 0.750. The van der Waals surface area contributed by atoms with E-state index in [-0.39, 0.29) is 6.10 Å². The van der Waals surface area contributed by atoms with Crippen molar-refractivity contribution in [1.82, 2.24) is 15.0 Å². The molecule has 7 nitrogen and oxygen atoms in total. The van der Waals surface area contributed by atoms with Gasteiger partial charge in [-0.15, -0.1) is 0 Å². The lowest BCUT2D eigenvalue weighted by Crippen LogP contribution is -2.19. The largest absolute Gasteiger partial charge is 0.393 e. The second-order valence-corrected chi connectivity index (χ2v) is 5.14. The summed E-state index contributed by atoms with van der Waals surface area (Å²) in [6, 6.07) is 0. The van der Waals surface area contributed by atoms with E-state index in [1.54, 1.807) is 7.05 Å². The summed E-state index contributed by atoms with van der Waals surface area (Å²) in [5.74, 6) is 2.23. The van der Waals surface area contributed by atoms with E-state index in [0.717, 1.165) is 25.8 Å². The minimum atomic E-state index is -0.143. The summed E-state index contributed by atoms with van der Waals surface area (Å²) in [4.78, 5) is 14.7. The Kier molecular flexibility index (Phi) is 4.36. The molecule has 19 heavy (non-hydrogen) atoms. The molecule has 1 aromatic heterocycles. The molecule has 1 aromatic rings. The molecule has 1 saturated carbocycles. The van der Waals surface area contributed by atoms with E-state index in [2.05, 4.69) is 25.6 Å². The van der Waals surface area contributed by atoms with E-state index in [1.807, 2.05) is 19.0 Å². The molecule has 0 aliphatic heterocycles. The first kappa shape index (κ1) is 13.8. The van der Waals surface area contributed by atoms with Gasteiger partial charge in [0.2, 0.25) is 17.8 Å². The van der Waals surface area contributed by atoms with Crippen LogP contribution in [0.25, 0.3) is 0 Å². The Hall–Kier alpha value is -1.63. The van der Waals surface area contributed by atoms with Gasteiger partial charge in [-0.1, -0.05) is 0 Å². The van der Waals surface area contributed by atoms with Crippen LogP contribution in [0.5, 0.6) is 0 Å². The maximum atomic E-state index is 9.51. The fourth-order valence-corrected chi connectivity index (χ4v) is 2.23. The van der Waals surface area contributed by atoms with Crippen molar-refractivity contribution < 1.29 is 5.11 Å². The molecule has 2 unspecified atom stereocenters. The van der Waals surface area contributed by atoms with E-state index in [0.29, 0.717) is 23.8 Å². The molecular weight excluding hydrogens is 244 g/mol. The number of nitrogens with zero attached hydrogens (tertiary/aromatic N) is 4. The Morgan fingerprint density at radius 1 is 1.21 bits per heavy atom. The summed E-state index contributed by atoms with van der Waals surface area (Å²) in [6.07, 6.45) is 2.67. The van der Waals surface area contributed by atoms with Crippen molar-refractivity contribution in [2.45, 2.75) is 25.4 Å². The van der Waals surface area contributed by atoms with Gasteiger partial charge < -0.3 is 20.6 Å². The lowest BCUT2D eigenvalue weighted by molar-refractivity contribution is 0.178. The third-order valence-corrected chi connectivity index (χ3v) is 3.31. The molecule has 0 bridgehead atoms. The van der Waals surface area contributed by atoms with Crippen molar-refractivity contribution in [3.63, 3.8) is 0 Å². The Bertz CT molecular complexity index is 425. The second-order valence-electron chi connectivity index (χ2n) is 5.14. The van der Waals surface area contributed by atoms with Gasteiger partial charge in [-0.2, -0.15) is 15.0 Å². The van der Waals surface area contributed by atoms with Crippen molar-refractivity contribution in [2.75, 3.05) is 43.2 Å². The van der Waals surface area contributed by atoms with E-state index in [1.165, 1.54) is 0 Å². The maximum absolute atomic E-state index is 9.51. The first-order valence-electron chi connectivity index (χ1n) is 6.61. The van der Waals surface area contributed by atoms with Gasteiger partial charge in [-0.05, 0) is 25.2 Å². The van der Waals surface area contributed by atoms with Crippen LogP contribution in [0.1, 0.15) is 19.3 Å². The predicted molar refractivity (Wildman–Crippen MR) is 75.5 cm³/mol. The average molecular weight is 266 g/mol. The number of rotatable bonds is 5. The number of aliphatic hydroxyl groups excluding tert-OH is 1. The van der Waals surface area contributed by atoms with Crippen molar-refractivity contribution in [3.05, 3.63) is 0 Å². The molecule has 7 heteroatoms. The van der Waals surface area contributed by atoms with Crippen molar-refractivity contribution in [1.29, 1.82) is 0 Å². The van der Waals surface area contributed by atoms with Gasteiger partial charge in [0, 0.05) is 27.7 Å². The summed E-state index contributed by atoms with van der Waals surface area (Å²) >= 11 is 0. The molecule has 1 aliphatic carbocycles. The molecule has 0 amide bonds. The van der Waals surface area contributed by atoms with Gasteiger partial charge in [-0.3, -0.25) is 0 Å². The number of aliphatic hydroxyl groups is 1. The fourth-order valence-electron chi connectivity index (χ4n) is 2.23. The van der Waals surface area contributed by atoms with Crippen molar-refractivity contribution >= 4 is 17.8 Å². The molecule has 0 spiro atoms. The smallest absolute Gasteiger partial charge is 0.231 e. The summed E-state index contributed by atoms with van der Waals surface area (Å²) in [6.45, 7) is 0.789. The van der Waals surface area contributed by atoms with Gasteiger partial charge in [0.15, 0.2) is 0 Å². The highest BCUT2D eigenvalue weighted by molar-refractivity contribution is 5.42. The van der Waals surface area contributed by atoms with Crippen LogP contribution in [0.2, 0.25) is 0 Å². The van der Waals surface area contributed by atoms with Gasteiger partial charge in [0.05, 0.1) is 6.10 Å². The summed E-state index contributed by atoms with van der Waals surface area (Å²) in [5, 5.41) is 15.7. The Balaban J connectivity index is 2.00. The van der Waals surface area contributed by atoms with Gasteiger partial charge in [0.25, 0.3) is 0 Å². The zero-order valence-electron chi connectivity index (χ0n) is 11.7. The molecule has 106 valence electrons. The van der Waals surface area contributed by atoms with Gasteiger partial charge >= 0.3 is 0 Å². The average Bonchev–Trinajstić information content (AvgIpc) is 2.81. The number of nitrogens with one attached hydrogen (secondary N) is 2. The van der Waals surface area contributed by atoms with Crippen molar-refractivity contribution in [2.24, 2.45) is 5.92 Å². The molecule has 0 radical (unpaired) electrons. The third-order valence-electron chi connectivity index (χ3n) is 3.31. The van der Waals surface area contributed by atoms with Crippen LogP contribution in [-0.2, 0) is 0 Å². The monoisotopic (exact) mass is 266 g/mol. The molecular formula is C12H22N6O. The number of anilines is 3. The molecule has 3 N–H and O–H groups in total. The molecule has 1 aliphatic rings. The highest BCUT2D eigenvalue weighted by Crippen LogP contribution is 2.25. The highest BCUT2D eigenvalue weighted by Gasteiger charge is 2.22. The van der Waals surface area contributed by atoms with E-state index < -0.39 is 0 Å². The predicted octanol–water partition coefficient (Wildman–Crippen LogP) is 0.552. The van der Waals surface area contributed by atoms with Crippen LogP contribution in [0.15, 0.2) is 0 Å². The highest BCUT2D eigenvalue weighted by atomic mass is 16.3. The SMILES string of the molecule is CNc1nc(NCC2CCC(O)C2)nc(N(C)C)n1. The van der Waals surface area contributed by atoms with Crippen LogP contribution in [0, 0.1) is 5.92 Å². The normalized spacial score (nSPS) is 22.3. The zero-order chi connectivity index (χ0) is 13.8.